The zero-order valence-electron chi connectivity index (χ0n) is 10.4. The van der Waals surface area contributed by atoms with E-state index in [1.54, 1.807) is 6.07 Å². The van der Waals surface area contributed by atoms with Crippen molar-refractivity contribution in [2.75, 3.05) is 0 Å². The molecule has 0 atom stereocenters. The Bertz CT molecular complexity index is 754. The molecule has 2 nitrogen and oxygen atoms in total. The predicted molar refractivity (Wildman–Crippen MR) is 73.0 cm³/mol. The molecule has 0 aliphatic rings. The van der Waals surface area contributed by atoms with Crippen molar-refractivity contribution >= 4 is 10.8 Å². The second-order valence-electron chi connectivity index (χ2n) is 4.53. The highest BCUT2D eigenvalue weighted by molar-refractivity contribution is 5.88. The number of halogens is 1. The SMILES string of the molecule is Cc1c(-c2ccccc2)[n+]([O-])cc2cc(F)ccc12. The Balaban J connectivity index is 2.35. The molecular formula is C16H12FNO. The van der Waals surface area contributed by atoms with Crippen LogP contribution in [0.4, 0.5) is 4.39 Å². The Morgan fingerprint density at radius 1 is 1.05 bits per heavy atom. The molecule has 1 heterocycles. The normalized spacial score (nSPS) is 10.8. The first-order valence-corrected chi connectivity index (χ1v) is 6.04. The minimum absolute atomic E-state index is 0.334. The number of hydrogen-bond donors (Lipinski definition) is 0. The molecular weight excluding hydrogens is 241 g/mol. The summed E-state index contributed by atoms with van der Waals surface area (Å²) < 4.78 is 14.0. The Hall–Kier alpha value is -2.42. The third-order valence-electron chi connectivity index (χ3n) is 3.30. The van der Waals surface area contributed by atoms with Gasteiger partial charge in [0.05, 0.1) is 5.39 Å². The van der Waals surface area contributed by atoms with Gasteiger partial charge in [-0.2, -0.15) is 4.73 Å². The summed E-state index contributed by atoms with van der Waals surface area (Å²) in [6.45, 7) is 1.89. The van der Waals surface area contributed by atoms with Gasteiger partial charge < -0.3 is 5.21 Å². The van der Waals surface area contributed by atoms with Crippen molar-refractivity contribution in [1.29, 1.82) is 0 Å². The van der Waals surface area contributed by atoms with Crippen LogP contribution in [-0.4, -0.2) is 0 Å². The predicted octanol–water partition coefficient (Wildman–Crippen LogP) is 3.59. The van der Waals surface area contributed by atoms with Crippen molar-refractivity contribution in [3.63, 3.8) is 0 Å². The summed E-state index contributed by atoms with van der Waals surface area (Å²) in [4.78, 5) is 0. The van der Waals surface area contributed by atoms with Gasteiger partial charge in [0.15, 0.2) is 6.20 Å². The fraction of sp³-hybridized carbons (Fsp3) is 0.0625. The van der Waals surface area contributed by atoms with Crippen LogP contribution >= 0.6 is 0 Å². The third-order valence-corrected chi connectivity index (χ3v) is 3.30. The Kier molecular flexibility index (Phi) is 2.67. The molecule has 0 amide bonds. The second kappa shape index (κ2) is 4.35. The molecule has 1 aromatic heterocycles. The minimum atomic E-state index is -0.334. The number of nitrogens with zero attached hydrogens (tertiary/aromatic N) is 1. The van der Waals surface area contributed by atoms with Crippen LogP contribution in [0.3, 0.4) is 0 Å². The van der Waals surface area contributed by atoms with Gasteiger partial charge in [0.25, 0.3) is 0 Å². The fourth-order valence-corrected chi connectivity index (χ4v) is 2.41. The van der Waals surface area contributed by atoms with E-state index in [9.17, 15) is 9.60 Å². The summed E-state index contributed by atoms with van der Waals surface area (Å²) >= 11 is 0. The van der Waals surface area contributed by atoms with Crippen molar-refractivity contribution in [3.8, 4) is 11.3 Å². The monoisotopic (exact) mass is 253 g/mol. The molecule has 3 rings (SSSR count). The van der Waals surface area contributed by atoms with Crippen LogP contribution < -0.4 is 4.73 Å². The molecule has 0 fully saturated rings. The molecule has 0 saturated carbocycles. The van der Waals surface area contributed by atoms with Crippen LogP contribution in [0, 0.1) is 17.9 Å². The molecule has 0 bridgehead atoms. The Morgan fingerprint density at radius 3 is 2.53 bits per heavy atom. The number of rotatable bonds is 1. The Labute approximate surface area is 110 Å². The van der Waals surface area contributed by atoms with Gasteiger partial charge in [-0.25, -0.2) is 4.39 Å². The topological polar surface area (TPSA) is 26.9 Å². The van der Waals surface area contributed by atoms with Crippen LogP contribution in [0.25, 0.3) is 22.0 Å². The lowest BCUT2D eigenvalue weighted by atomic mass is 10.0. The Morgan fingerprint density at radius 2 is 1.79 bits per heavy atom. The smallest absolute Gasteiger partial charge is 0.227 e. The molecule has 3 aromatic rings. The molecule has 0 N–H and O–H groups in total. The van der Waals surface area contributed by atoms with E-state index in [4.69, 9.17) is 0 Å². The highest BCUT2D eigenvalue weighted by Gasteiger charge is 2.16. The molecule has 0 saturated heterocycles. The number of aryl methyl sites for hydroxylation is 1. The largest absolute Gasteiger partial charge is 0.618 e. The first kappa shape index (κ1) is 11.7. The average molecular weight is 253 g/mol. The van der Waals surface area contributed by atoms with E-state index in [1.807, 2.05) is 37.3 Å². The van der Waals surface area contributed by atoms with E-state index < -0.39 is 0 Å². The zero-order chi connectivity index (χ0) is 13.4. The van der Waals surface area contributed by atoms with Crippen LogP contribution in [0.5, 0.6) is 0 Å². The van der Waals surface area contributed by atoms with Gasteiger partial charge in [0.1, 0.15) is 5.82 Å². The lowest BCUT2D eigenvalue weighted by molar-refractivity contribution is -0.592. The lowest BCUT2D eigenvalue weighted by Gasteiger charge is -2.10. The first-order valence-electron chi connectivity index (χ1n) is 6.04. The molecule has 3 heteroatoms. The summed E-state index contributed by atoms with van der Waals surface area (Å²) in [7, 11) is 0. The zero-order valence-corrected chi connectivity index (χ0v) is 10.4. The highest BCUT2D eigenvalue weighted by atomic mass is 19.1. The number of aromatic nitrogens is 1. The van der Waals surface area contributed by atoms with Gasteiger partial charge in [-0.15, -0.1) is 0 Å². The van der Waals surface area contributed by atoms with E-state index in [-0.39, 0.29) is 5.82 Å². The van der Waals surface area contributed by atoms with Gasteiger partial charge in [-0.05, 0) is 36.6 Å². The second-order valence-corrected chi connectivity index (χ2v) is 4.53. The quantitative estimate of drug-likeness (QED) is 0.481. The van der Waals surface area contributed by atoms with Crippen LogP contribution in [0.1, 0.15) is 5.56 Å². The minimum Gasteiger partial charge on any atom is -0.618 e. The van der Waals surface area contributed by atoms with Crippen molar-refractivity contribution in [2.45, 2.75) is 6.92 Å². The maximum Gasteiger partial charge on any atom is 0.227 e. The summed E-state index contributed by atoms with van der Waals surface area (Å²) in [5.41, 5.74) is 2.33. The summed E-state index contributed by atoms with van der Waals surface area (Å²) in [5.74, 6) is -0.334. The maximum atomic E-state index is 13.2. The van der Waals surface area contributed by atoms with E-state index in [1.165, 1.54) is 18.3 Å². The van der Waals surface area contributed by atoms with Crippen molar-refractivity contribution in [1.82, 2.24) is 0 Å². The molecule has 94 valence electrons. The maximum absolute atomic E-state index is 13.2. The lowest BCUT2D eigenvalue weighted by Crippen LogP contribution is -2.29. The van der Waals surface area contributed by atoms with E-state index in [2.05, 4.69) is 0 Å². The fourth-order valence-electron chi connectivity index (χ4n) is 2.41. The number of hydrogen-bond acceptors (Lipinski definition) is 1. The molecule has 0 aliphatic carbocycles. The number of fused-ring (bicyclic) bond motifs is 1. The van der Waals surface area contributed by atoms with Gasteiger partial charge >= 0.3 is 0 Å². The van der Waals surface area contributed by atoms with Gasteiger partial charge in [-0.1, -0.05) is 24.3 Å². The number of pyridine rings is 1. The van der Waals surface area contributed by atoms with Gasteiger partial charge in [0.2, 0.25) is 5.69 Å². The van der Waals surface area contributed by atoms with Gasteiger partial charge in [-0.3, -0.25) is 0 Å². The van der Waals surface area contributed by atoms with Crippen LogP contribution in [0.2, 0.25) is 0 Å². The summed E-state index contributed by atoms with van der Waals surface area (Å²) in [5, 5.41) is 13.7. The molecule has 19 heavy (non-hydrogen) atoms. The van der Waals surface area contributed by atoms with Gasteiger partial charge in [0, 0.05) is 11.1 Å². The average Bonchev–Trinajstić information content (AvgIpc) is 2.39. The summed E-state index contributed by atoms with van der Waals surface area (Å²) in [6, 6.07) is 14.0. The van der Waals surface area contributed by atoms with Crippen LogP contribution in [-0.2, 0) is 0 Å². The number of benzene rings is 2. The van der Waals surface area contributed by atoms with Crippen molar-refractivity contribution in [3.05, 3.63) is 71.3 Å². The van der Waals surface area contributed by atoms with Crippen molar-refractivity contribution in [2.24, 2.45) is 0 Å². The van der Waals surface area contributed by atoms with Crippen molar-refractivity contribution < 1.29 is 9.12 Å². The van der Waals surface area contributed by atoms with E-state index in [0.29, 0.717) is 11.1 Å². The molecule has 0 aliphatic heterocycles. The third kappa shape index (κ3) is 1.93. The van der Waals surface area contributed by atoms with E-state index in [0.717, 1.165) is 21.2 Å². The van der Waals surface area contributed by atoms with E-state index >= 15 is 0 Å². The summed E-state index contributed by atoms with van der Waals surface area (Å²) in [6.07, 6.45) is 1.42. The van der Waals surface area contributed by atoms with Crippen LogP contribution in [0.15, 0.2) is 54.7 Å². The molecule has 0 unspecified atom stereocenters. The molecule has 2 aromatic carbocycles. The molecule has 0 radical (unpaired) electrons. The highest BCUT2D eigenvalue weighted by Crippen LogP contribution is 2.26. The standard InChI is InChI=1S/C16H12FNO/c1-11-15-8-7-14(17)9-13(15)10-18(19)16(11)12-5-3-2-4-6-12/h2-10H,1H3. The first-order chi connectivity index (χ1) is 9.16. The molecule has 0 spiro atoms.